The van der Waals surface area contributed by atoms with Gasteiger partial charge in [0.05, 0.1) is 5.60 Å². The molecule has 0 aliphatic carbocycles. The highest BCUT2D eigenvalue weighted by Gasteiger charge is 2.49. The van der Waals surface area contributed by atoms with Gasteiger partial charge in [-0.1, -0.05) is 6.08 Å². The number of hydrogen-bond donors (Lipinski definition) is 1. The SMILES string of the molecule is C=CCCC1(O)CC2CCC(C1)N2C(=O)OC(C)(C)C. The van der Waals surface area contributed by atoms with Crippen LogP contribution < -0.4 is 0 Å². The van der Waals surface area contributed by atoms with Gasteiger partial charge in [0.2, 0.25) is 0 Å². The first-order valence-corrected chi connectivity index (χ1v) is 7.59. The van der Waals surface area contributed by atoms with E-state index in [1.165, 1.54) is 0 Å². The summed E-state index contributed by atoms with van der Waals surface area (Å²) in [6.45, 7) is 9.38. The molecule has 20 heavy (non-hydrogen) atoms. The van der Waals surface area contributed by atoms with Crippen LogP contribution in [0.2, 0.25) is 0 Å². The van der Waals surface area contributed by atoms with E-state index in [1.54, 1.807) is 0 Å². The van der Waals surface area contributed by atoms with Gasteiger partial charge in [-0.3, -0.25) is 0 Å². The zero-order valence-electron chi connectivity index (χ0n) is 12.9. The summed E-state index contributed by atoms with van der Waals surface area (Å²) in [4.78, 5) is 14.2. The molecule has 2 saturated heterocycles. The molecule has 2 bridgehead atoms. The summed E-state index contributed by atoms with van der Waals surface area (Å²) in [6, 6.07) is 0.247. The highest BCUT2D eigenvalue weighted by Crippen LogP contribution is 2.43. The second-order valence-corrected chi connectivity index (χ2v) is 7.23. The van der Waals surface area contributed by atoms with Crippen LogP contribution in [-0.4, -0.2) is 39.4 Å². The van der Waals surface area contributed by atoms with Crippen molar-refractivity contribution in [3.63, 3.8) is 0 Å². The van der Waals surface area contributed by atoms with E-state index in [0.717, 1.165) is 25.7 Å². The Morgan fingerprint density at radius 3 is 2.40 bits per heavy atom. The third kappa shape index (κ3) is 3.35. The third-order valence-electron chi connectivity index (χ3n) is 4.27. The third-order valence-corrected chi connectivity index (χ3v) is 4.27. The number of ether oxygens (including phenoxy) is 1. The zero-order chi connectivity index (χ0) is 15.0. The molecule has 2 rings (SSSR count). The van der Waals surface area contributed by atoms with Crippen molar-refractivity contribution in [2.45, 2.75) is 82.6 Å². The van der Waals surface area contributed by atoms with Gasteiger partial charge in [0, 0.05) is 12.1 Å². The number of aliphatic hydroxyl groups is 1. The maximum atomic E-state index is 12.3. The molecule has 0 aromatic heterocycles. The molecule has 2 unspecified atom stereocenters. The molecule has 4 heteroatoms. The molecule has 2 heterocycles. The predicted molar refractivity (Wildman–Crippen MR) is 78.5 cm³/mol. The minimum Gasteiger partial charge on any atom is -0.444 e. The van der Waals surface area contributed by atoms with E-state index in [0.29, 0.717) is 12.8 Å². The van der Waals surface area contributed by atoms with Gasteiger partial charge in [-0.15, -0.1) is 6.58 Å². The summed E-state index contributed by atoms with van der Waals surface area (Å²) in [7, 11) is 0. The molecule has 0 aromatic rings. The molecule has 2 atom stereocenters. The summed E-state index contributed by atoms with van der Waals surface area (Å²) in [5.74, 6) is 0. The van der Waals surface area contributed by atoms with E-state index in [9.17, 15) is 9.90 Å². The van der Waals surface area contributed by atoms with Crippen molar-refractivity contribution in [1.29, 1.82) is 0 Å². The van der Waals surface area contributed by atoms with Crippen molar-refractivity contribution >= 4 is 6.09 Å². The molecule has 0 spiro atoms. The monoisotopic (exact) mass is 281 g/mol. The summed E-state index contributed by atoms with van der Waals surface area (Å²) in [5.41, 5.74) is -1.11. The second-order valence-electron chi connectivity index (χ2n) is 7.23. The number of rotatable bonds is 3. The summed E-state index contributed by atoms with van der Waals surface area (Å²) in [6.07, 6.45) is 6.46. The Bertz CT molecular complexity index is 372. The smallest absolute Gasteiger partial charge is 0.410 e. The maximum Gasteiger partial charge on any atom is 0.410 e. The first-order chi connectivity index (χ1) is 9.24. The van der Waals surface area contributed by atoms with Crippen LogP contribution in [0, 0.1) is 0 Å². The average Bonchev–Trinajstić information content (AvgIpc) is 2.58. The van der Waals surface area contributed by atoms with Crippen LogP contribution in [0.5, 0.6) is 0 Å². The molecule has 1 N–H and O–H groups in total. The Labute approximate surface area is 121 Å². The first kappa shape index (κ1) is 15.4. The lowest BCUT2D eigenvalue weighted by atomic mass is 9.83. The quantitative estimate of drug-likeness (QED) is 0.808. The van der Waals surface area contributed by atoms with E-state index >= 15 is 0 Å². The molecular formula is C16H27NO3. The largest absolute Gasteiger partial charge is 0.444 e. The van der Waals surface area contributed by atoms with Crippen molar-refractivity contribution < 1.29 is 14.6 Å². The maximum absolute atomic E-state index is 12.3. The van der Waals surface area contributed by atoms with E-state index in [1.807, 2.05) is 31.7 Å². The van der Waals surface area contributed by atoms with Crippen LogP contribution in [0.25, 0.3) is 0 Å². The van der Waals surface area contributed by atoms with Crippen molar-refractivity contribution in [2.75, 3.05) is 0 Å². The number of amides is 1. The number of carbonyl (C=O) groups excluding carboxylic acids is 1. The summed E-state index contributed by atoms with van der Waals surface area (Å²) < 4.78 is 5.50. The van der Waals surface area contributed by atoms with E-state index in [2.05, 4.69) is 6.58 Å². The van der Waals surface area contributed by atoms with Crippen molar-refractivity contribution in [2.24, 2.45) is 0 Å². The standard InChI is InChI=1S/C16H27NO3/c1-5-6-9-16(19)10-12-7-8-13(11-16)17(12)14(18)20-15(2,3)4/h5,12-13,19H,1,6-11H2,2-4H3. The number of nitrogens with zero attached hydrogens (tertiary/aromatic N) is 1. The molecule has 0 radical (unpaired) electrons. The van der Waals surface area contributed by atoms with Gasteiger partial charge < -0.3 is 14.7 Å². The fraction of sp³-hybridized carbons (Fsp3) is 0.812. The van der Waals surface area contributed by atoms with Crippen molar-refractivity contribution in [1.82, 2.24) is 4.90 Å². The highest BCUT2D eigenvalue weighted by atomic mass is 16.6. The lowest BCUT2D eigenvalue weighted by molar-refractivity contribution is -0.0619. The first-order valence-electron chi connectivity index (χ1n) is 7.59. The normalized spacial score (nSPS) is 33.1. The van der Waals surface area contributed by atoms with E-state index in [4.69, 9.17) is 4.74 Å². The molecule has 2 aliphatic rings. The zero-order valence-corrected chi connectivity index (χ0v) is 12.9. The van der Waals surface area contributed by atoms with Gasteiger partial charge >= 0.3 is 6.09 Å². The summed E-state index contributed by atoms with van der Waals surface area (Å²) >= 11 is 0. The van der Waals surface area contributed by atoms with Crippen molar-refractivity contribution in [3.8, 4) is 0 Å². The highest BCUT2D eigenvalue weighted by molar-refractivity contribution is 5.69. The Kier molecular flexibility index (Phi) is 4.14. The van der Waals surface area contributed by atoms with Gasteiger partial charge in [0.25, 0.3) is 0 Å². The van der Waals surface area contributed by atoms with Gasteiger partial charge in [0.15, 0.2) is 0 Å². The van der Waals surface area contributed by atoms with E-state index < -0.39 is 11.2 Å². The molecule has 0 aromatic carbocycles. The molecule has 2 aliphatic heterocycles. The van der Waals surface area contributed by atoms with Crippen LogP contribution in [0.1, 0.15) is 59.3 Å². The van der Waals surface area contributed by atoms with Crippen LogP contribution in [0.4, 0.5) is 4.79 Å². The lowest BCUT2D eigenvalue weighted by Crippen LogP contribution is -2.54. The van der Waals surface area contributed by atoms with Crippen LogP contribution in [0.3, 0.4) is 0 Å². The van der Waals surface area contributed by atoms with Crippen molar-refractivity contribution in [3.05, 3.63) is 12.7 Å². The van der Waals surface area contributed by atoms with Gasteiger partial charge in [-0.2, -0.15) is 0 Å². The predicted octanol–water partition coefficient (Wildman–Crippen LogP) is 3.25. The number of fused-ring (bicyclic) bond motifs is 2. The van der Waals surface area contributed by atoms with E-state index in [-0.39, 0.29) is 18.2 Å². The Morgan fingerprint density at radius 2 is 1.95 bits per heavy atom. The molecular weight excluding hydrogens is 254 g/mol. The molecule has 114 valence electrons. The van der Waals surface area contributed by atoms with Crippen LogP contribution in [-0.2, 0) is 4.74 Å². The van der Waals surface area contributed by atoms with Crippen LogP contribution in [0.15, 0.2) is 12.7 Å². The Morgan fingerprint density at radius 1 is 1.40 bits per heavy atom. The lowest BCUT2D eigenvalue weighted by Gasteiger charge is -2.44. The number of hydrogen-bond acceptors (Lipinski definition) is 3. The Balaban J connectivity index is 2.03. The average molecular weight is 281 g/mol. The molecule has 1 amide bonds. The fourth-order valence-corrected chi connectivity index (χ4v) is 3.51. The minimum absolute atomic E-state index is 0.124. The number of carbonyl (C=O) groups is 1. The topological polar surface area (TPSA) is 49.8 Å². The molecule has 2 fully saturated rings. The number of allylic oxidation sites excluding steroid dienone is 1. The minimum atomic E-state index is -0.640. The summed E-state index contributed by atoms with van der Waals surface area (Å²) in [5, 5.41) is 10.7. The number of piperidine rings is 1. The molecule has 0 saturated carbocycles. The Hall–Kier alpha value is -1.03. The van der Waals surface area contributed by atoms with Gasteiger partial charge in [0.1, 0.15) is 5.60 Å². The van der Waals surface area contributed by atoms with Gasteiger partial charge in [-0.05, 0) is 59.3 Å². The second kappa shape index (κ2) is 5.40. The van der Waals surface area contributed by atoms with Gasteiger partial charge in [-0.25, -0.2) is 4.79 Å². The van der Waals surface area contributed by atoms with Crippen LogP contribution >= 0.6 is 0 Å². The molecule has 4 nitrogen and oxygen atoms in total. The fourth-order valence-electron chi connectivity index (χ4n) is 3.51.